The predicted octanol–water partition coefficient (Wildman–Crippen LogP) is 4.38. The van der Waals surface area contributed by atoms with E-state index in [9.17, 15) is 4.79 Å². The second-order valence-electron chi connectivity index (χ2n) is 4.08. The van der Waals surface area contributed by atoms with Crippen molar-refractivity contribution < 1.29 is 9.90 Å². The Bertz CT molecular complexity index is 574. The summed E-state index contributed by atoms with van der Waals surface area (Å²) in [5.74, 6) is -0.914. The van der Waals surface area contributed by atoms with Crippen LogP contribution in [0.15, 0.2) is 46.9 Å². The van der Waals surface area contributed by atoms with E-state index in [1.165, 1.54) is 5.56 Å². The van der Waals surface area contributed by atoms with E-state index in [2.05, 4.69) is 35.0 Å². The molecule has 0 unspecified atom stereocenters. The number of carboxylic acids is 1. The molecular weight excluding hydrogens is 292 g/mol. The molecule has 0 heterocycles. The van der Waals surface area contributed by atoms with E-state index < -0.39 is 5.97 Å². The van der Waals surface area contributed by atoms with Crippen LogP contribution in [0.2, 0.25) is 0 Å². The van der Waals surface area contributed by atoms with Crippen molar-refractivity contribution in [2.45, 2.75) is 13.3 Å². The summed E-state index contributed by atoms with van der Waals surface area (Å²) in [6, 6.07) is 13.4. The molecule has 0 radical (unpaired) electrons. The topological polar surface area (TPSA) is 37.3 Å². The van der Waals surface area contributed by atoms with Crippen LogP contribution in [0, 0.1) is 0 Å². The van der Waals surface area contributed by atoms with E-state index >= 15 is 0 Å². The van der Waals surface area contributed by atoms with Crippen LogP contribution in [0.1, 0.15) is 22.8 Å². The van der Waals surface area contributed by atoms with Gasteiger partial charge in [-0.3, -0.25) is 0 Å². The molecule has 0 aliphatic heterocycles. The van der Waals surface area contributed by atoms with Crippen LogP contribution < -0.4 is 0 Å². The number of benzene rings is 2. The van der Waals surface area contributed by atoms with E-state index in [0.29, 0.717) is 5.56 Å². The van der Waals surface area contributed by atoms with E-state index in [1.807, 2.05) is 18.2 Å². The van der Waals surface area contributed by atoms with Crippen LogP contribution in [0.5, 0.6) is 0 Å². The first-order valence-electron chi connectivity index (χ1n) is 5.73. The molecule has 0 fully saturated rings. The minimum absolute atomic E-state index is 0.291. The van der Waals surface area contributed by atoms with Gasteiger partial charge in [0.05, 0.1) is 5.56 Å². The largest absolute Gasteiger partial charge is 0.478 e. The first-order valence-corrected chi connectivity index (χ1v) is 6.52. The number of halogens is 1. The van der Waals surface area contributed by atoms with Crippen LogP contribution in [0.4, 0.5) is 0 Å². The number of carbonyl (C=O) groups is 1. The average molecular weight is 305 g/mol. The Morgan fingerprint density at radius 1 is 1.11 bits per heavy atom. The van der Waals surface area contributed by atoms with Gasteiger partial charge in [-0.05, 0) is 41.3 Å². The van der Waals surface area contributed by atoms with Crippen molar-refractivity contribution in [3.8, 4) is 11.1 Å². The SMILES string of the molecule is CCc1ccc(-c2cc(Br)cc(C(=O)O)c2)cc1. The molecular formula is C15H13BrO2. The third kappa shape index (κ3) is 2.79. The standard InChI is InChI=1S/C15H13BrO2/c1-2-10-3-5-11(6-4-10)12-7-13(15(17)18)9-14(16)8-12/h3-9H,2H2,1H3,(H,17,18). The van der Waals surface area contributed by atoms with Gasteiger partial charge in [0.1, 0.15) is 0 Å². The molecule has 2 aromatic carbocycles. The Morgan fingerprint density at radius 2 is 1.78 bits per heavy atom. The van der Waals surface area contributed by atoms with Crippen LogP contribution in [0.25, 0.3) is 11.1 Å². The van der Waals surface area contributed by atoms with Crippen LogP contribution in [-0.2, 0) is 6.42 Å². The van der Waals surface area contributed by atoms with Crippen molar-refractivity contribution in [2.24, 2.45) is 0 Å². The average Bonchev–Trinajstić information content (AvgIpc) is 2.38. The Balaban J connectivity index is 2.46. The number of hydrogen-bond acceptors (Lipinski definition) is 1. The summed E-state index contributed by atoms with van der Waals surface area (Å²) in [5.41, 5.74) is 3.49. The molecule has 1 N–H and O–H groups in total. The molecule has 0 bridgehead atoms. The molecule has 0 aromatic heterocycles. The van der Waals surface area contributed by atoms with E-state index in [1.54, 1.807) is 12.1 Å². The number of rotatable bonds is 3. The molecule has 0 saturated heterocycles. The fraction of sp³-hybridized carbons (Fsp3) is 0.133. The molecule has 2 nitrogen and oxygen atoms in total. The number of hydrogen-bond donors (Lipinski definition) is 1. The Labute approximate surface area is 114 Å². The maximum atomic E-state index is 11.0. The first-order chi connectivity index (χ1) is 8.60. The Kier molecular flexibility index (Phi) is 3.82. The fourth-order valence-electron chi connectivity index (χ4n) is 1.81. The molecule has 3 heteroatoms. The second kappa shape index (κ2) is 5.36. The number of aromatic carboxylic acids is 1. The van der Waals surface area contributed by atoms with Crippen molar-refractivity contribution in [1.82, 2.24) is 0 Å². The molecule has 92 valence electrons. The first kappa shape index (κ1) is 12.8. The van der Waals surface area contributed by atoms with Crippen molar-refractivity contribution >= 4 is 21.9 Å². The van der Waals surface area contributed by atoms with Gasteiger partial charge >= 0.3 is 5.97 Å². The molecule has 2 aromatic rings. The molecule has 0 aliphatic rings. The van der Waals surface area contributed by atoms with Crippen molar-refractivity contribution in [2.75, 3.05) is 0 Å². The zero-order chi connectivity index (χ0) is 13.1. The van der Waals surface area contributed by atoms with Gasteiger partial charge in [-0.25, -0.2) is 4.79 Å². The molecule has 0 atom stereocenters. The lowest BCUT2D eigenvalue weighted by Gasteiger charge is -2.06. The lowest BCUT2D eigenvalue weighted by molar-refractivity contribution is 0.0697. The summed E-state index contributed by atoms with van der Waals surface area (Å²) in [7, 11) is 0. The highest BCUT2D eigenvalue weighted by Gasteiger charge is 2.07. The summed E-state index contributed by atoms with van der Waals surface area (Å²) in [4.78, 5) is 11.0. The van der Waals surface area contributed by atoms with Crippen LogP contribution >= 0.6 is 15.9 Å². The van der Waals surface area contributed by atoms with Crippen molar-refractivity contribution in [3.05, 3.63) is 58.1 Å². The van der Waals surface area contributed by atoms with Crippen molar-refractivity contribution in [3.63, 3.8) is 0 Å². The third-order valence-corrected chi connectivity index (χ3v) is 3.30. The maximum absolute atomic E-state index is 11.0. The van der Waals surface area contributed by atoms with Gasteiger partial charge in [-0.1, -0.05) is 47.1 Å². The zero-order valence-electron chi connectivity index (χ0n) is 9.98. The Morgan fingerprint density at radius 3 is 2.33 bits per heavy atom. The minimum Gasteiger partial charge on any atom is -0.478 e. The van der Waals surface area contributed by atoms with Gasteiger partial charge < -0.3 is 5.11 Å². The second-order valence-corrected chi connectivity index (χ2v) is 5.00. The lowest BCUT2D eigenvalue weighted by Crippen LogP contribution is -1.96. The summed E-state index contributed by atoms with van der Waals surface area (Å²) in [6.45, 7) is 2.11. The monoisotopic (exact) mass is 304 g/mol. The minimum atomic E-state index is -0.914. The normalized spacial score (nSPS) is 10.3. The smallest absolute Gasteiger partial charge is 0.335 e. The summed E-state index contributed by atoms with van der Waals surface area (Å²) in [5, 5.41) is 9.04. The number of carboxylic acid groups (broad SMARTS) is 1. The van der Waals surface area contributed by atoms with Gasteiger partial charge in [0, 0.05) is 4.47 Å². The van der Waals surface area contributed by atoms with E-state index in [-0.39, 0.29) is 0 Å². The highest BCUT2D eigenvalue weighted by Crippen LogP contribution is 2.25. The Hall–Kier alpha value is -1.61. The maximum Gasteiger partial charge on any atom is 0.335 e. The van der Waals surface area contributed by atoms with Crippen LogP contribution in [-0.4, -0.2) is 11.1 Å². The van der Waals surface area contributed by atoms with Gasteiger partial charge in [0.2, 0.25) is 0 Å². The van der Waals surface area contributed by atoms with Crippen LogP contribution in [0.3, 0.4) is 0 Å². The van der Waals surface area contributed by atoms with Crippen molar-refractivity contribution in [1.29, 1.82) is 0 Å². The predicted molar refractivity (Wildman–Crippen MR) is 75.9 cm³/mol. The summed E-state index contributed by atoms with van der Waals surface area (Å²) >= 11 is 3.34. The highest BCUT2D eigenvalue weighted by molar-refractivity contribution is 9.10. The van der Waals surface area contributed by atoms with Gasteiger partial charge in [0.25, 0.3) is 0 Å². The number of aryl methyl sites for hydroxylation is 1. The lowest BCUT2D eigenvalue weighted by atomic mass is 10.0. The quantitative estimate of drug-likeness (QED) is 0.914. The molecule has 0 saturated carbocycles. The van der Waals surface area contributed by atoms with Gasteiger partial charge in [0.15, 0.2) is 0 Å². The molecule has 0 amide bonds. The molecule has 2 rings (SSSR count). The molecule has 18 heavy (non-hydrogen) atoms. The van der Waals surface area contributed by atoms with Gasteiger partial charge in [-0.15, -0.1) is 0 Å². The zero-order valence-corrected chi connectivity index (χ0v) is 11.6. The highest BCUT2D eigenvalue weighted by atomic mass is 79.9. The van der Waals surface area contributed by atoms with E-state index in [0.717, 1.165) is 22.0 Å². The fourth-order valence-corrected chi connectivity index (χ4v) is 2.31. The summed E-state index contributed by atoms with van der Waals surface area (Å²) < 4.78 is 0.775. The third-order valence-electron chi connectivity index (χ3n) is 2.84. The molecule has 0 aliphatic carbocycles. The summed E-state index contributed by atoms with van der Waals surface area (Å²) in [6.07, 6.45) is 0.999. The van der Waals surface area contributed by atoms with E-state index in [4.69, 9.17) is 5.11 Å². The molecule has 0 spiro atoms. The van der Waals surface area contributed by atoms with Gasteiger partial charge in [-0.2, -0.15) is 0 Å².